The van der Waals surface area contributed by atoms with E-state index in [4.69, 9.17) is 4.74 Å². The van der Waals surface area contributed by atoms with Crippen LogP contribution < -0.4 is 4.74 Å². The van der Waals surface area contributed by atoms with E-state index >= 15 is 0 Å². The minimum atomic E-state index is 0.529. The number of hydrogen-bond donors (Lipinski definition) is 0. The number of rotatable bonds is 5. The quantitative estimate of drug-likeness (QED) is 0.521. The third-order valence-electron chi connectivity index (χ3n) is 3.59. The first-order chi connectivity index (χ1) is 10.3. The monoisotopic (exact) mass is 364 g/mol. The summed E-state index contributed by atoms with van der Waals surface area (Å²) in [5, 5.41) is 3.48. The van der Waals surface area contributed by atoms with Crippen LogP contribution in [0.15, 0.2) is 35.7 Å². The topological polar surface area (TPSA) is 9.23 Å². The molecule has 3 heteroatoms. The summed E-state index contributed by atoms with van der Waals surface area (Å²) in [5.74, 6) is 1.06. The molecule has 2 heterocycles. The van der Waals surface area contributed by atoms with E-state index in [2.05, 4.69) is 49.6 Å². The number of benzene rings is 1. The Morgan fingerprint density at radius 3 is 2.95 bits per heavy atom. The van der Waals surface area contributed by atoms with Gasteiger partial charge in [-0.3, -0.25) is 0 Å². The van der Waals surface area contributed by atoms with E-state index in [9.17, 15) is 0 Å². The number of thiophene rings is 1. The average Bonchev–Trinajstić information content (AvgIpc) is 3.01. The van der Waals surface area contributed by atoms with Crippen molar-refractivity contribution in [3.05, 3.63) is 51.7 Å². The number of fused-ring (bicyclic) bond motifs is 1. The molecular weight excluding hydrogens is 343 g/mol. The molecule has 0 N–H and O–H groups in total. The van der Waals surface area contributed by atoms with Crippen LogP contribution in [0.3, 0.4) is 0 Å². The van der Waals surface area contributed by atoms with Crippen LogP contribution in [-0.4, -0.2) is 21.6 Å². The summed E-state index contributed by atoms with van der Waals surface area (Å²) in [6.45, 7) is 5.16. The van der Waals surface area contributed by atoms with Gasteiger partial charge in [-0.1, -0.05) is 0 Å². The third-order valence-corrected chi connectivity index (χ3v) is 7.14. The van der Waals surface area contributed by atoms with E-state index < -0.39 is 0 Å². The zero-order valence-electron chi connectivity index (χ0n) is 12.5. The van der Waals surface area contributed by atoms with Crippen LogP contribution in [-0.2, 0) is 0 Å². The number of hydrogen-bond acceptors (Lipinski definition) is 2. The van der Waals surface area contributed by atoms with Crippen LogP contribution in [0, 0.1) is 6.92 Å². The number of ether oxygens (including phenoxy) is 1. The Labute approximate surface area is 137 Å². The van der Waals surface area contributed by atoms with Crippen molar-refractivity contribution >= 4 is 36.3 Å². The Bertz CT molecular complexity index is 643. The van der Waals surface area contributed by atoms with Crippen molar-refractivity contribution in [3.8, 4) is 5.75 Å². The fraction of sp³-hybridized carbons (Fsp3) is 0.333. The van der Waals surface area contributed by atoms with Gasteiger partial charge in [0.25, 0.3) is 0 Å². The Kier molecular flexibility index (Phi) is 4.84. The van der Waals surface area contributed by atoms with Crippen molar-refractivity contribution in [2.45, 2.75) is 32.0 Å². The molecule has 1 aliphatic rings. The molecule has 0 aliphatic carbocycles. The molecule has 0 bridgehead atoms. The maximum atomic E-state index is 6.01. The Morgan fingerprint density at radius 2 is 2.19 bits per heavy atom. The molecule has 0 saturated carbocycles. The molecule has 1 aliphatic heterocycles. The Balaban J connectivity index is 2.04. The maximum absolute atomic E-state index is 6.01. The van der Waals surface area contributed by atoms with Crippen LogP contribution in [0.25, 0.3) is 10.0 Å². The molecule has 0 spiro atoms. The fourth-order valence-electron chi connectivity index (χ4n) is 2.44. The molecule has 1 aromatic heterocycles. The molecule has 0 atom stereocenters. The van der Waals surface area contributed by atoms with E-state index in [0.29, 0.717) is 15.0 Å². The Morgan fingerprint density at radius 1 is 1.29 bits per heavy atom. The van der Waals surface area contributed by atoms with Gasteiger partial charge in [0, 0.05) is 0 Å². The van der Waals surface area contributed by atoms with Gasteiger partial charge in [-0.15, -0.1) is 0 Å². The molecule has 0 amide bonds. The van der Waals surface area contributed by atoms with Gasteiger partial charge in [-0.25, -0.2) is 0 Å². The van der Waals surface area contributed by atoms with Gasteiger partial charge in [0.2, 0.25) is 0 Å². The van der Waals surface area contributed by atoms with Crippen LogP contribution in [0.5, 0.6) is 5.75 Å². The summed E-state index contributed by atoms with van der Waals surface area (Å²) >= 11 is 2.35. The summed E-state index contributed by atoms with van der Waals surface area (Å²) in [6.07, 6.45) is 2.60. The zero-order valence-corrected chi connectivity index (χ0v) is 15.0. The molecule has 0 radical (unpaired) electrons. The summed E-state index contributed by atoms with van der Waals surface area (Å²) < 4.78 is 7.57. The van der Waals surface area contributed by atoms with Crippen molar-refractivity contribution < 1.29 is 4.74 Å². The van der Waals surface area contributed by atoms with E-state index in [-0.39, 0.29) is 0 Å². The molecule has 110 valence electrons. The van der Waals surface area contributed by atoms with Crippen LogP contribution in [0.1, 0.15) is 35.8 Å². The molecule has 21 heavy (non-hydrogen) atoms. The molecule has 0 unspecified atom stereocenters. The van der Waals surface area contributed by atoms with E-state index in [1.54, 1.807) is 4.47 Å². The summed E-state index contributed by atoms with van der Waals surface area (Å²) in [7, 11) is 0. The van der Waals surface area contributed by atoms with Crippen LogP contribution >= 0.6 is 11.3 Å². The first kappa shape index (κ1) is 14.9. The average molecular weight is 363 g/mol. The van der Waals surface area contributed by atoms with Crippen molar-refractivity contribution in [2.75, 3.05) is 6.61 Å². The molecule has 2 aromatic rings. The fourth-order valence-corrected chi connectivity index (χ4v) is 6.07. The van der Waals surface area contributed by atoms with Gasteiger partial charge >= 0.3 is 137 Å². The van der Waals surface area contributed by atoms with Gasteiger partial charge in [-0.05, 0) is 0 Å². The Hall–Kier alpha value is -1.02. The second-order valence-corrected chi connectivity index (χ2v) is 8.54. The molecule has 3 rings (SSSR count). The van der Waals surface area contributed by atoms with Gasteiger partial charge in [0.15, 0.2) is 0 Å². The van der Waals surface area contributed by atoms with Crippen LogP contribution in [0.4, 0.5) is 0 Å². The number of aryl methyl sites for hydroxylation is 1. The van der Waals surface area contributed by atoms with Crippen LogP contribution in [0.2, 0.25) is 5.32 Å². The van der Waals surface area contributed by atoms with Gasteiger partial charge in [0.1, 0.15) is 0 Å². The van der Waals surface area contributed by atoms with Gasteiger partial charge in [-0.2, -0.15) is 0 Å². The van der Waals surface area contributed by atoms with Crippen molar-refractivity contribution in [1.82, 2.24) is 0 Å². The van der Waals surface area contributed by atoms with Gasteiger partial charge < -0.3 is 0 Å². The standard InChI is InChI=1S/C18H20OSSe/c1-3-4-10-21-18-14-11-13(2)7-8-16(14)19-12-15(18)17-6-5-9-20-17/h5-9,11H,3-4,10,12H2,1-2H3. The summed E-state index contributed by atoms with van der Waals surface area (Å²) in [4.78, 5) is 1.37. The third kappa shape index (κ3) is 3.26. The van der Waals surface area contributed by atoms with Crippen molar-refractivity contribution in [1.29, 1.82) is 0 Å². The molecular formula is C18H20OSSe. The minimum absolute atomic E-state index is 0.529. The normalized spacial score (nSPS) is 14.0. The second-order valence-electron chi connectivity index (χ2n) is 5.28. The van der Waals surface area contributed by atoms with E-state index in [1.165, 1.54) is 39.7 Å². The predicted octanol–water partition coefficient (Wildman–Crippen LogP) is 5.24. The first-order valence-electron chi connectivity index (χ1n) is 7.43. The molecule has 0 fully saturated rings. The van der Waals surface area contributed by atoms with Crippen molar-refractivity contribution in [2.24, 2.45) is 0 Å². The second kappa shape index (κ2) is 6.83. The zero-order chi connectivity index (χ0) is 14.7. The summed E-state index contributed by atoms with van der Waals surface area (Å²) in [5.41, 5.74) is 4.06. The van der Waals surface area contributed by atoms with E-state index in [0.717, 1.165) is 12.4 Å². The summed E-state index contributed by atoms with van der Waals surface area (Å²) in [6, 6.07) is 10.9. The molecule has 0 saturated heterocycles. The number of unbranched alkanes of at least 4 members (excludes halogenated alkanes) is 1. The molecule has 1 aromatic carbocycles. The van der Waals surface area contributed by atoms with Gasteiger partial charge in [0.05, 0.1) is 0 Å². The SMILES string of the molecule is CCCC[Se]C1=C(c2cccs2)COc2ccc(C)cc21. The predicted molar refractivity (Wildman–Crippen MR) is 93.3 cm³/mol. The molecule has 1 nitrogen and oxygen atoms in total. The van der Waals surface area contributed by atoms with Crippen molar-refractivity contribution in [3.63, 3.8) is 0 Å². The first-order valence-corrected chi connectivity index (χ1v) is 10.4. The van der Waals surface area contributed by atoms with E-state index in [1.807, 2.05) is 11.3 Å².